The topological polar surface area (TPSA) is 79.3 Å². The molecule has 0 amide bonds. The average Bonchev–Trinajstić information content (AvgIpc) is 3.53. The van der Waals surface area contributed by atoms with Crippen LogP contribution in [0, 0.1) is 0 Å². The number of hydrogen-bond donors (Lipinski definition) is 1. The third-order valence-electron chi connectivity index (χ3n) is 6.74. The number of nitrogens with zero attached hydrogens (tertiary/aromatic N) is 2. The summed E-state index contributed by atoms with van der Waals surface area (Å²) in [4.78, 5) is 1.97. The highest BCUT2D eigenvalue weighted by Crippen LogP contribution is 2.39. The number of benzene rings is 1. The zero-order valence-corrected chi connectivity index (χ0v) is 21.1. The first-order valence-corrected chi connectivity index (χ1v) is 14.1. The van der Waals surface area contributed by atoms with Gasteiger partial charge in [-0.3, -0.25) is 0 Å². The molecule has 0 aliphatic carbocycles. The Balaban J connectivity index is 1.50. The first kappa shape index (κ1) is 26.7. The molecule has 12 heteroatoms. The highest BCUT2D eigenvalue weighted by Gasteiger charge is 2.51. The Morgan fingerprint density at radius 1 is 1.20 bits per heavy atom. The summed E-state index contributed by atoms with van der Waals surface area (Å²) >= 11 is 1.29. The molecule has 3 aliphatic rings. The van der Waals surface area contributed by atoms with Crippen LogP contribution < -0.4 is 4.90 Å². The van der Waals surface area contributed by atoms with E-state index in [0.717, 1.165) is 19.8 Å². The highest BCUT2D eigenvalue weighted by atomic mass is 32.3. The standard InChI is InChI=1S/C23H31F3N2O5S2/c1-22(29,23(24,25)26)17-6-8-18(9-7-17)28-11-10-27(35(30,31)21-5-3-13-34-21)14-19(28)15-32-16-20-4-2-12-33-20/h3,6-9,13,19-21,29H,2,4-5,10-12,14-16H2,1H3/t19-,20-,21?,22-/m1/s1. The second-order valence-electron chi connectivity index (χ2n) is 9.21. The van der Waals surface area contributed by atoms with Crippen molar-refractivity contribution in [1.29, 1.82) is 0 Å². The van der Waals surface area contributed by atoms with Crippen LogP contribution in [0.5, 0.6) is 0 Å². The fraction of sp³-hybridized carbons (Fsp3) is 0.652. The van der Waals surface area contributed by atoms with Crippen molar-refractivity contribution in [1.82, 2.24) is 4.31 Å². The van der Waals surface area contributed by atoms with Gasteiger partial charge in [-0.2, -0.15) is 17.5 Å². The van der Waals surface area contributed by atoms with E-state index in [-0.39, 0.29) is 37.4 Å². The lowest BCUT2D eigenvalue weighted by Gasteiger charge is -2.42. The number of thioether (sulfide) groups is 1. The van der Waals surface area contributed by atoms with Crippen molar-refractivity contribution in [2.45, 2.75) is 54.7 Å². The largest absolute Gasteiger partial charge is 0.421 e. The van der Waals surface area contributed by atoms with E-state index < -0.39 is 26.4 Å². The second-order valence-corrected chi connectivity index (χ2v) is 12.7. The van der Waals surface area contributed by atoms with Crippen LogP contribution in [0.15, 0.2) is 35.7 Å². The summed E-state index contributed by atoms with van der Waals surface area (Å²) in [5.74, 6) is 0. The molecule has 196 valence electrons. The molecule has 2 fully saturated rings. The minimum atomic E-state index is -4.81. The molecule has 4 rings (SSSR count). The maximum atomic E-state index is 13.2. The van der Waals surface area contributed by atoms with Gasteiger partial charge < -0.3 is 19.5 Å². The Kier molecular flexibility index (Phi) is 8.09. The molecule has 3 heterocycles. The molecule has 0 bridgehead atoms. The molecule has 1 unspecified atom stereocenters. The molecule has 1 N–H and O–H groups in total. The smallest absolute Gasteiger partial charge is 0.377 e. The summed E-state index contributed by atoms with van der Waals surface area (Å²) in [7, 11) is -3.51. The number of halogens is 3. The monoisotopic (exact) mass is 536 g/mol. The minimum absolute atomic E-state index is 0.0247. The number of aliphatic hydroxyl groups is 1. The molecule has 35 heavy (non-hydrogen) atoms. The normalized spacial score (nSPS) is 27.9. The van der Waals surface area contributed by atoms with Gasteiger partial charge in [0.2, 0.25) is 10.0 Å². The van der Waals surface area contributed by atoms with Crippen molar-refractivity contribution < 1.29 is 36.2 Å². The SMILES string of the molecule is C[C@@](O)(c1ccc(N2CCN(S(=O)(=O)C3CC=CS3)C[C@@H]2COC[C@H]2CCCO2)cc1)C(F)(F)F. The van der Waals surface area contributed by atoms with Gasteiger partial charge in [-0.1, -0.05) is 18.2 Å². The summed E-state index contributed by atoms with van der Waals surface area (Å²) in [5.41, 5.74) is -2.58. The van der Waals surface area contributed by atoms with Crippen LogP contribution >= 0.6 is 11.8 Å². The molecule has 0 spiro atoms. The number of piperazine rings is 1. The Morgan fingerprint density at radius 3 is 2.54 bits per heavy atom. The number of hydrogen-bond acceptors (Lipinski definition) is 7. The van der Waals surface area contributed by atoms with Crippen LogP contribution in [-0.4, -0.2) is 80.2 Å². The number of ether oxygens (including phenoxy) is 2. The van der Waals surface area contributed by atoms with Gasteiger partial charge in [-0.15, -0.1) is 11.8 Å². The number of alkyl halides is 3. The van der Waals surface area contributed by atoms with Gasteiger partial charge in [-0.25, -0.2) is 8.42 Å². The van der Waals surface area contributed by atoms with Gasteiger partial charge in [0.1, 0.15) is 4.58 Å². The molecule has 7 nitrogen and oxygen atoms in total. The maximum Gasteiger partial charge on any atom is 0.421 e. The summed E-state index contributed by atoms with van der Waals surface area (Å²) in [5, 5.41) is 11.8. The quantitative estimate of drug-likeness (QED) is 0.545. The number of rotatable bonds is 8. The lowest BCUT2D eigenvalue weighted by molar-refractivity contribution is -0.258. The Morgan fingerprint density at radius 2 is 1.94 bits per heavy atom. The predicted molar refractivity (Wildman–Crippen MR) is 129 cm³/mol. The molecule has 2 saturated heterocycles. The Labute approximate surface area is 208 Å². The second kappa shape index (κ2) is 10.6. The number of anilines is 1. The van der Waals surface area contributed by atoms with Crippen molar-refractivity contribution in [3.05, 3.63) is 41.3 Å². The zero-order valence-electron chi connectivity index (χ0n) is 19.5. The Hall–Kier alpha value is -1.31. The van der Waals surface area contributed by atoms with E-state index in [1.165, 1.54) is 40.3 Å². The molecule has 4 atom stereocenters. The molecule has 3 aliphatic heterocycles. The highest BCUT2D eigenvalue weighted by molar-refractivity contribution is 8.14. The molecule has 0 aromatic heterocycles. The van der Waals surface area contributed by atoms with Gasteiger partial charge in [0.25, 0.3) is 0 Å². The van der Waals surface area contributed by atoms with E-state index in [2.05, 4.69) is 0 Å². The first-order chi connectivity index (χ1) is 16.5. The summed E-state index contributed by atoms with van der Waals surface area (Å²) in [6, 6.07) is 5.26. The zero-order chi connectivity index (χ0) is 25.3. The third kappa shape index (κ3) is 5.83. The van der Waals surface area contributed by atoms with Crippen LogP contribution in [0.2, 0.25) is 0 Å². The van der Waals surface area contributed by atoms with Crippen LogP contribution in [0.4, 0.5) is 18.9 Å². The van der Waals surface area contributed by atoms with Gasteiger partial charge in [-0.05, 0) is 49.3 Å². The van der Waals surface area contributed by atoms with Crippen LogP contribution in [-0.2, 0) is 25.1 Å². The van der Waals surface area contributed by atoms with Gasteiger partial charge in [0.15, 0.2) is 5.60 Å². The van der Waals surface area contributed by atoms with Crippen molar-refractivity contribution in [3.8, 4) is 0 Å². The van der Waals surface area contributed by atoms with Crippen LogP contribution in [0.1, 0.15) is 31.7 Å². The predicted octanol–water partition coefficient (Wildman–Crippen LogP) is 3.45. The fourth-order valence-electron chi connectivity index (χ4n) is 4.52. The van der Waals surface area contributed by atoms with E-state index in [4.69, 9.17) is 9.47 Å². The van der Waals surface area contributed by atoms with Crippen molar-refractivity contribution in [2.75, 3.05) is 44.4 Å². The molecule has 0 saturated carbocycles. The molecular formula is C23H31F3N2O5S2. The van der Waals surface area contributed by atoms with E-state index in [9.17, 15) is 26.7 Å². The fourth-order valence-corrected chi connectivity index (χ4v) is 7.66. The van der Waals surface area contributed by atoms with Crippen LogP contribution in [0.3, 0.4) is 0 Å². The molecule has 0 radical (unpaired) electrons. The minimum Gasteiger partial charge on any atom is -0.377 e. The lowest BCUT2D eigenvalue weighted by atomic mass is 9.95. The Bertz CT molecular complexity index is 987. The van der Waals surface area contributed by atoms with Gasteiger partial charge >= 0.3 is 6.18 Å². The molecule has 1 aromatic carbocycles. The third-order valence-corrected chi connectivity index (χ3v) is 10.6. The first-order valence-electron chi connectivity index (χ1n) is 11.6. The number of sulfonamides is 1. The van der Waals surface area contributed by atoms with Crippen LogP contribution in [0.25, 0.3) is 0 Å². The summed E-state index contributed by atoms with van der Waals surface area (Å²) in [6.45, 7) is 2.94. The summed E-state index contributed by atoms with van der Waals surface area (Å²) in [6.07, 6.45) is -0.563. The summed E-state index contributed by atoms with van der Waals surface area (Å²) < 4.78 is 78.5. The molecular weight excluding hydrogens is 505 g/mol. The van der Waals surface area contributed by atoms with Gasteiger partial charge in [0.05, 0.1) is 25.4 Å². The maximum absolute atomic E-state index is 13.2. The van der Waals surface area contributed by atoms with E-state index in [1.54, 1.807) is 5.41 Å². The van der Waals surface area contributed by atoms with E-state index in [1.807, 2.05) is 11.0 Å². The van der Waals surface area contributed by atoms with E-state index in [0.29, 0.717) is 31.9 Å². The average molecular weight is 537 g/mol. The number of allylic oxidation sites excluding steroid dienone is 1. The van der Waals surface area contributed by atoms with Crippen molar-refractivity contribution in [3.63, 3.8) is 0 Å². The lowest BCUT2D eigenvalue weighted by Crippen LogP contribution is -2.57. The van der Waals surface area contributed by atoms with Gasteiger partial charge in [0, 0.05) is 31.9 Å². The van der Waals surface area contributed by atoms with Crippen molar-refractivity contribution in [2.24, 2.45) is 0 Å². The van der Waals surface area contributed by atoms with E-state index >= 15 is 0 Å². The van der Waals surface area contributed by atoms with Crippen molar-refractivity contribution >= 4 is 27.5 Å². The molecule has 1 aromatic rings.